The van der Waals surface area contributed by atoms with Crippen molar-refractivity contribution >= 4 is 10.0 Å². The Bertz CT molecular complexity index is 969. The number of benzene rings is 1. The molecule has 4 rings (SSSR count). The van der Waals surface area contributed by atoms with Crippen molar-refractivity contribution in [1.29, 1.82) is 0 Å². The van der Waals surface area contributed by atoms with Crippen LogP contribution in [-0.4, -0.2) is 29.2 Å². The zero-order valence-corrected chi connectivity index (χ0v) is 14.3. The van der Waals surface area contributed by atoms with Gasteiger partial charge in [-0.3, -0.25) is 4.98 Å². The van der Waals surface area contributed by atoms with E-state index >= 15 is 0 Å². The SMILES string of the molecule is O=S(=O)(c1cccnc1)N1CCc2oc(Cc3ccccc3)nc2C1. The van der Waals surface area contributed by atoms with E-state index in [9.17, 15) is 8.42 Å². The van der Waals surface area contributed by atoms with Crippen LogP contribution in [-0.2, 0) is 29.4 Å². The molecule has 128 valence electrons. The maximum Gasteiger partial charge on any atom is 0.244 e. The average molecular weight is 355 g/mol. The highest BCUT2D eigenvalue weighted by Gasteiger charge is 2.31. The number of rotatable bonds is 4. The van der Waals surface area contributed by atoms with Gasteiger partial charge >= 0.3 is 0 Å². The summed E-state index contributed by atoms with van der Waals surface area (Å²) in [6.45, 7) is 0.606. The molecule has 3 heterocycles. The molecule has 0 saturated carbocycles. The lowest BCUT2D eigenvalue weighted by molar-refractivity contribution is 0.357. The van der Waals surface area contributed by atoms with Gasteiger partial charge in [-0.15, -0.1) is 0 Å². The lowest BCUT2D eigenvalue weighted by Gasteiger charge is -2.24. The van der Waals surface area contributed by atoms with Crippen molar-refractivity contribution in [2.45, 2.75) is 24.3 Å². The number of nitrogens with zero attached hydrogens (tertiary/aromatic N) is 3. The molecule has 0 bridgehead atoms. The summed E-state index contributed by atoms with van der Waals surface area (Å²) < 4.78 is 32.7. The number of hydrogen-bond donors (Lipinski definition) is 0. The van der Waals surface area contributed by atoms with E-state index in [0.717, 1.165) is 11.3 Å². The minimum Gasteiger partial charge on any atom is -0.445 e. The topological polar surface area (TPSA) is 76.3 Å². The monoisotopic (exact) mass is 355 g/mol. The molecule has 0 radical (unpaired) electrons. The van der Waals surface area contributed by atoms with Gasteiger partial charge in [0, 0.05) is 31.8 Å². The third kappa shape index (κ3) is 3.20. The first-order valence-corrected chi connectivity index (χ1v) is 9.48. The van der Waals surface area contributed by atoms with Crippen molar-refractivity contribution < 1.29 is 12.8 Å². The molecule has 0 amide bonds. The van der Waals surface area contributed by atoms with Crippen molar-refractivity contribution in [1.82, 2.24) is 14.3 Å². The smallest absolute Gasteiger partial charge is 0.244 e. The number of oxazole rings is 1. The standard InChI is InChI=1S/C18H17N3O3S/c22-25(23,15-7-4-9-19-12-15)21-10-8-17-16(13-21)20-18(24-17)11-14-5-2-1-3-6-14/h1-7,9,12H,8,10-11,13H2. The van der Waals surface area contributed by atoms with Gasteiger partial charge in [-0.05, 0) is 17.7 Å². The van der Waals surface area contributed by atoms with Crippen LogP contribution in [0.25, 0.3) is 0 Å². The van der Waals surface area contributed by atoms with Crippen LogP contribution in [0.1, 0.15) is 22.9 Å². The van der Waals surface area contributed by atoms with Crippen LogP contribution in [0.5, 0.6) is 0 Å². The number of fused-ring (bicyclic) bond motifs is 1. The molecule has 1 aliphatic heterocycles. The summed E-state index contributed by atoms with van der Waals surface area (Å²) in [5.74, 6) is 1.40. The van der Waals surface area contributed by atoms with Gasteiger partial charge in [-0.2, -0.15) is 4.31 Å². The van der Waals surface area contributed by atoms with E-state index < -0.39 is 10.0 Å². The summed E-state index contributed by atoms with van der Waals surface area (Å²) in [7, 11) is -3.57. The summed E-state index contributed by atoms with van der Waals surface area (Å²) in [4.78, 5) is 8.62. The molecule has 3 aromatic rings. The Morgan fingerprint density at radius 1 is 1.12 bits per heavy atom. The Hall–Kier alpha value is -2.51. The molecule has 0 N–H and O–H groups in total. The van der Waals surface area contributed by atoms with Crippen LogP contribution < -0.4 is 0 Å². The number of sulfonamides is 1. The van der Waals surface area contributed by atoms with Crippen molar-refractivity contribution in [3.8, 4) is 0 Å². The summed E-state index contributed by atoms with van der Waals surface area (Å²) >= 11 is 0. The van der Waals surface area contributed by atoms with Crippen LogP contribution in [0.4, 0.5) is 0 Å². The lowest BCUT2D eigenvalue weighted by Crippen LogP contribution is -2.35. The summed E-state index contributed by atoms with van der Waals surface area (Å²) in [5.41, 5.74) is 1.81. The Kier molecular flexibility index (Phi) is 4.10. The normalized spacial score (nSPS) is 15.0. The van der Waals surface area contributed by atoms with Gasteiger partial charge in [0.05, 0.1) is 12.2 Å². The summed E-state index contributed by atoms with van der Waals surface area (Å²) in [5, 5.41) is 0. The van der Waals surface area contributed by atoms with Gasteiger partial charge in [0.2, 0.25) is 10.0 Å². The van der Waals surface area contributed by atoms with Crippen molar-refractivity contribution in [3.63, 3.8) is 0 Å². The Morgan fingerprint density at radius 3 is 2.72 bits per heavy atom. The Balaban J connectivity index is 1.56. The van der Waals surface area contributed by atoms with E-state index in [1.165, 1.54) is 10.5 Å². The maximum atomic E-state index is 12.7. The molecular weight excluding hydrogens is 338 g/mol. The van der Waals surface area contributed by atoms with Gasteiger partial charge < -0.3 is 4.42 Å². The second-order valence-corrected chi connectivity index (χ2v) is 7.86. The van der Waals surface area contributed by atoms with Crippen molar-refractivity contribution in [3.05, 3.63) is 77.8 Å². The second-order valence-electron chi connectivity index (χ2n) is 5.92. The molecule has 0 saturated heterocycles. The van der Waals surface area contributed by atoms with E-state index in [0.29, 0.717) is 31.0 Å². The van der Waals surface area contributed by atoms with Crippen LogP contribution >= 0.6 is 0 Å². The third-order valence-electron chi connectivity index (χ3n) is 4.21. The molecule has 0 spiro atoms. The molecule has 7 heteroatoms. The van der Waals surface area contributed by atoms with E-state index in [1.807, 2.05) is 30.3 Å². The van der Waals surface area contributed by atoms with E-state index in [-0.39, 0.29) is 11.4 Å². The molecule has 0 fully saturated rings. The number of pyridine rings is 1. The first-order valence-electron chi connectivity index (χ1n) is 8.04. The largest absolute Gasteiger partial charge is 0.445 e. The van der Waals surface area contributed by atoms with E-state index in [1.54, 1.807) is 18.3 Å². The Morgan fingerprint density at radius 2 is 1.96 bits per heavy atom. The van der Waals surface area contributed by atoms with Gasteiger partial charge in [-0.25, -0.2) is 13.4 Å². The van der Waals surface area contributed by atoms with Crippen LogP contribution in [0.15, 0.2) is 64.2 Å². The van der Waals surface area contributed by atoms with E-state index in [2.05, 4.69) is 9.97 Å². The molecule has 1 aliphatic rings. The molecule has 2 aromatic heterocycles. The fraction of sp³-hybridized carbons (Fsp3) is 0.222. The molecule has 6 nitrogen and oxygen atoms in total. The maximum absolute atomic E-state index is 12.7. The highest BCUT2D eigenvalue weighted by molar-refractivity contribution is 7.89. The van der Waals surface area contributed by atoms with Gasteiger partial charge in [0.1, 0.15) is 10.7 Å². The first kappa shape index (κ1) is 16.0. The molecule has 0 aliphatic carbocycles. The highest BCUT2D eigenvalue weighted by atomic mass is 32.2. The predicted octanol–water partition coefficient (Wildman–Crippen LogP) is 2.41. The zero-order chi connectivity index (χ0) is 17.3. The third-order valence-corrected chi connectivity index (χ3v) is 6.04. The van der Waals surface area contributed by atoms with Crippen molar-refractivity contribution in [2.24, 2.45) is 0 Å². The highest BCUT2D eigenvalue weighted by Crippen LogP contribution is 2.25. The van der Waals surface area contributed by atoms with Gasteiger partial charge in [0.15, 0.2) is 5.89 Å². The minimum absolute atomic E-state index is 0.200. The predicted molar refractivity (Wildman–Crippen MR) is 91.3 cm³/mol. The first-order chi connectivity index (χ1) is 12.1. The van der Waals surface area contributed by atoms with Crippen LogP contribution in [0.2, 0.25) is 0 Å². The van der Waals surface area contributed by atoms with Gasteiger partial charge in [-0.1, -0.05) is 30.3 Å². The second kappa shape index (κ2) is 6.42. The lowest BCUT2D eigenvalue weighted by atomic mass is 10.1. The van der Waals surface area contributed by atoms with Crippen LogP contribution in [0, 0.1) is 0 Å². The summed E-state index contributed by atoms with van der Waals surface area (Å²) in [6, 6.07) is 13.1. The van der Waals surface area contributed by atoms with Crippen LogP contribution in [0.3, 0.4) is 0 Å². The Labute approximate surface area is 146 Å². The average Bonchev–Trinajstić information content (AvgIpc) is 3.04. The molecule has 0 atom stereocenters. The molecule has 25 heavy (non-hydrogen) atoms. The molecule has 0 unspecified atom stereocenters. The fourth-order valence-corrected chi connectivity index (χ4v) is 4.29. The number of hydrogen-bond acceptors (Lipinski definition) is 5. The van der Waals surface area contributed by atoms with Gasteiger partial charge in [0.25, 0.3) is 0 Å². The quantitative estimate of drug-likeness (QED) is 0.718. The molecule has 1 aromatic carbocycles. The fourth-order valence-electron chi connectivity index (χ4n) is 2.93. The number of aromatic nitrogens is 2. The summed E-state index contributed by atoms with van der Waals surface area (Å²) in [6.07, 6.45) is 4.05. The molecular formula is C18H17N3O3S. The van der Waals surface area contributed by atoms with E-state index in [4.69, 9.17) is 4.42 Å². The zero-order valence-electron chi connectivity index (χ0n) is 13.5. The van der Waals surface area contributed by atoms with Crippen molar-refractivity contribution in [2.75, 3.05) is 6.54 Å². The minimum atomic E-state index is -3.57.